The van der Waals surface area contributed by atoms with Crippen LogP contribution in [0.15, 0.2) is 41.9 Å². The number of halogens is 1. The van der Waals surface area contributed by atoms with Gasteiger partial charge in [-0.15, -0.1) is 0 Å². The van der Waals surface area contributed by atoms with Crippen LogP contribution in [0.4, 0.5) is 0 Å². The average Bonchev–Trinajstić information content (AvgIpc) is 2.81. The summed E-state index contributed by atoms with van der Waals surface area (Å²) in [6, 6.07) is 8.07. The Morgan fingerprint density at radius 2 is 2.11 bits per heavy atom. The van der Waals surface area contributed by atoms with Crippen LogP contribution in [0.1, 0.15) is 0 Å². The number of hydrogen-bond donors (Lipinski definition) is 0. The molecular weight excluding hydrogens is 359 g/mol. The van der Waals surface area contributed by atoms with E-state index >= 15 is 0 Å². The number of hydrogen-bond acceptors (Lipinski definition) is 4. The van der Waals surface area contributed by atoms with Gasteiger partial charge in [-0.3, -0.25) is 4.57 Å². The molecule has 0 N–H and O–H groups in total. The van der Waals surface area contributed by atoms with Gasteiger partial charge in [0, 0.05) is 9.77 Å². The Labute approximate surface area is 122 Å². The maximum atomic E-state index is 4.48. The number of fused-ring (bicyclic) bond motifs is 1. The third-order valence-corrected chi connectivity index (χ3v) is 3.79. The minimum atomic E-state index is 0.764. The molecule has 0 saturated carbocycles. The number of thioether (sulfide) groups is 1. The number of nitrogens with zero attached hydrogens (tertiary/aromatic N) is 4. The van der Waals surface area contributed by atoms with Crippen molar-refractivity contribution in [3.8, 4) is 5.82 Å². The van der Waals surface area contributed by atoms with Crippen LogP contribution in [0.2, 0.25) is 0 Å². The fraction of sp³-hybridized carbons (Fsp3) is 0.0833. The normalized spacial score (nSPS) is 11.0. The lowest BCUT2D eigenvalue weighted by Crippen LogP contribution is -1.97. The maximum absolute atomic E-state index is 4.48. The van der Waals surface area contributed by atoms with Crippen molar-refractivity contribution in [3.05, 3.63) is 40.4 Å². The second kappa shape index (κ2) is 4.85. The van der Waals surface area contributed by atoms with Crippen molar-refractivity contribution >= 4 is 45.4 Å². The minimum absolute atomic E-state index is 0.764. The molecule has 0 aliphatic heterocycles. The first kappa shape index (κ1) is 11.9. The van der Waals surface area contributed by atoms with E-state index in [1.54, 1.807) is 12.5 Å². The molecule has 1 aromatic carbocycles. The van der Waals surface area contributed by atoms with Gasteiger partial charge in [0.1, 0.15) is 12.1 Å². The first-order chi connectivity index (χ1) is 8.78. The maximum Gasteiger partial charge on any atom is 0.189 e. The zero-order chi connectivity index (χ0) is 12.5. The highest BCUT2D eigenvalue weighted by Gasteiger charge is 2.06. The highest BCUT2D eigenvalue weighted by molar-refractivity contribution is 14.1. The summed E-state index contributed by atoms with van der Waals surface area (Å²) < 4.78 is 3.16. The van der Waals surface area contributed by atoms with Gasteiger partial charge in [-0.25, -0.2) is 15.0 Å². The Morgan fingerprint density at radius 1 is 1.22 bits per heavy atom. The lowest BCUT2D eigenvalue weighted by Gasteiger charge is -2.04. The average molecular weight is 368 g/mol. The topological polar surface area (TPSA) is 43.6 Å². The highest BCUT2D eigenvalue weighted by Crippen LogP contribution is 2.20. The van der Waals surface area contributed by atoms with Gasteiger partial charge in [0.05, 0.1) is 11.0 Å². The third kappa shape index (κ3) is 2.10. The van der Waals surface area contributed by atoms with Gasteiger partial charge in [-0.05, 0) is 53.1 Å². The van der Waals surface area contributed by atoms with E-state index in [0.717, 1.165) is 22.0 Å². The van der Waals surface area contributed by atoms with Crippen LogP contribution < -0.4 is 0 Å². The van der Waals surface area contributed by atoms with E-state index in [9.17, 15) is 0 Å². The second-order valence-electron chi connectivity index (χ2n) is 3.65. The molecule has 2 heterocycles. The summed E-state index contributed by atoms with van der Waals surface area (Å²) in [5.74, 6) is 0.845. The van der Waals surface area contributed by atoms with E-state index < -0.39 is 0 Å². The van der Waals surface area contributed by atoms with E-state index in [-0.39, 0.29) is 0 Å². The van der Waals surface area contributed by atoms with Crippen molar-refractivity contribution in [2.45, 2.75) is 5.16 Å². The summed E-state index contributed by atoms with van der Waals surface area (Å²) in [6.07, 6.45) is 5.54. The van der Waals surface area contributed by atoms with Crippen molar-refractivity contribution in [3.63, 3.8) is 0 Å². The van der Waals surface area contributed by atoms with Crippen LogP contribution in [0.5, 0.6) is 0 Å². The molecule has 0 spiro atoms. The molecule has 3 rings (SSSR count). The zero-order valence-corrected chi connectivity index (χ0v) is 12.5. The molecule has 0 atom stereocenters. The van der Waals surface area contributed by atoms with E-state index in [1.165, 1.54) is 15.3 Å². The predicted octanol–water partition coefficient (Wildman–Crippen LogP) is 3.14. The van der Waals surface area contributed by atoms with Crippen LogP contribution in [0.25, 0.3) is 16.9 Å². The zero-order valence-electron chi connectivity index (χ0n) is 9.54. The summed E-state index contributed by atoms with van der Waals surface area (Å²) in [5.41, 5.74) is 2.03. The summed E-state index contributed by atoms with van der Waals surface area (Å²) in [6.45, 7) is 0. The number of aromatic nitrogens is 4. The molecule has 18 heavy (non-hydrogen) atoms. The van der Waals surface area contributed by atoms with Crippen LogP contribution in [0, 0.1) is 3.57 Å². The van der Waals surface area contributed by atoms with E-state index in [4.69, 9.17) is 0 Å². The monoisotopic (exact) mass is 368 g/mol. The van der Waals surface area contributed by atoms with E-state index in [2.05, 4.69) is 55.7 Å². The smallest absolute Gasteiger partial charge is 0.189 e. The molecule has 2 aromatic heterocycles. The van der Waals surface area contributed by atoms with Crippen LogP contribution in [0.3, 0.4) is 0 Å². The molecule has 0 unspecified atom stereocenters. The van der Waals surface area contributed by atoms with Gasteiger partial charge in [-0.2, -0.15) is 0 Å². The molecular formula is C12H9IN4S. The van der Waals surface area contributed by atoms with Gasteiger partial charge in [0.15, 0.2) is 5.16 Å². The number of benzene rings is 1. The van der Waals surface area contributed by atoms with Crippen LogP contribution in [-0.2, 0) is 0 Å². The molecule has 0 saturated heterocycles. The third-order valence-electron chi connectivity index (χ3n) is 2.56. The Balaban J connectivity index is 2.19. The first-order valence-corrected chi connectivity index (χ1v) is 7.58. The molecule has 4 nitrogen and oxygen atoms in total. The molecule has 0 amide bonds. The standard InChI is InChI=1S/C12H9IN4S/c1-18-12-14-5-4-11(16-12)17-7-15-9-6-8(13)2-3-10(9)17/h2-7H,1H3. The Kier molecular flexibility index (Phi) is 3.21. The molecule has 6 heteroatoms. The van der Waals surface area contributed by atoms with Crippen molar-refractivity contribution < 1.29 is 0 Å². The van der Waals surface area contributed by atoms with Crippen molar-refractivity contribution in [1.29, 1.82) is 0 Å². The largest absolute Gasteiger partial charge is 0.283 e. The van der Waals surface area contributed by atoms with E-state index in [1.807, 2.05) is 16.9 Å². The van der Waals surface area contributed by atoms with Gasteiger partial charge in [0.2, 0.25) is 0 Å². The first-order valence-electron chi connectivity index (χ1n) is 5.28. The Bertz CT molecular complexity index is 710. The number of imidazole rings is 1. The summed E-state index contributed by atoms with van der Waals surface area (Å²) >= 11 is 3.82. The van der Waals surface area contributed by atoms with Crippen molar-refractivity contribution in [2.75, 3.05) is 6.26 Å². The SMILES string of the molecule is CSc1nccc(-n2cnc3cc(I)ccc32)n1. The summed E-state index contributed by atoms with van der Waals surface area (Å²) in [4.78, 5) is 13.1. The Hall–Kier alpha value is -1.15. The number of rotatable bonds is 2. The fourth-order valence-corrected chi connectivity index (χ4v) is 2.56. The lowest BCUT2D eigenvalue weighted by molar-refractivity contribution is 0.902. The summed E-state index contributed by atoms with van der Waals surface area (Å²) in [7, 11) is 0. The molecule has 0 radical (unpaired) electrons. The molecule has 90 valence electrons. The van der Waals surface area contributed by atoms with Gasteiger partial charge >= 0.3 is 0 Å². The second-order valence-corrected chi connectivity index (χ2v) is 5.67. The molecule has 0 aliphatic rings. The van der Waals surface area contributed by atoms with Crippen LogP contribution >= 0.6 is 34.4 Å². The lowest BCUT2D eigenvalue weighted by atomic mass is 10.3. The molecule has 3 aromatic rings. The minimum Gasteiger partial charge on any atom is -0.283 e. The summed E-state index contributed by atoms with van der Waals surface area (Å²) in [5, 5.41) is 0.764. The predicted molar refractivity (Wildman–Crippen MR) is 81.2 cm³/mol. The van der Waals surface area contributed by atoms with Crippen molar-refractivity contribution in [1.82, 2.24) is 19.5 Å². The fourth-order valence-electron chi connectivity index (χ4n) is 1.73. The van der Waals surface area contributed by atoms with Gasteiger partial charge in [-0.1, -0.05) is 11.8 Å². The highest BCUT2D eigenvalue weighted by atomic mass is 127. The van der Waals surface area contributed by atoms with Gasteiger partial charge < -0.3 is 0 Å². The molecule has 0 bridgehead atoms. The molecule has 0 fully saturated rings. The molecule has 0 aliphatic carbocycles. The quantitative estimate of drug-likeness (QED) is 0.396. The Morgan fingerprint density at radius 3 is 2.94 bits per heavy atom. The van der Waals surface area contributed by atoms with Gasteiger partial charge in [0.25, 0.3) is 0 Å². The van der Waals surface area contributed by atoms with E-state index in [0.29, 0.717) is 0 Å². The van der Waals surface area contributed by atoms with Crippen LogP contribution in [-0.4, -0.2) is 25.8 Å². The van der Waals surface area contributed by atoms with Crippen molar-refractivity contribution in [2.24, 2.45) is 0 Å².